The van der Waals surface area contributed by atoms with Crippen molar-refractivity contribution < 1.29 is 8.42 Å². The molecule has 1 fully saturated rings. The first kappa shape index (κ1) is 10.0. The maximum Gasteiger partial charge on any atom is 0.155 e. The van der Waals surface area contributed by atoms with E-state index in [4.69, 9.17) is 0 Å². The van der Waals surface area contributed by atoms with Crippen LogP contribution in [0.4, 0.5) is 0 Å². The molecule has 72 valence electrons. The van der Waals surface area contributed by atoms with Gasteiger partial charge in [0.25, 0.3) is 0 Å². The third kappa shape index (κ3) is 1.39. The van der Waals surface area contributed by atoms with E-state index in [9.17, 15) is 8.42 Å². The van der Waals surface area contributed by atoms with E-state index in [2.05, 4.69) is 0 Å². The minimum atomic E-state index is -2.84. The summed E-state index contributed by atoms with van der Waals surface area (Å²) in [5.74, 6) is 0.641. The van der Waals surface area contributed by atoms with Crippen LogP contribution in [0.15, 0.2) is 0 Å². The number of sulfone groups is 1. The van der Waals surface area contributed by atoms with E-state index in [1.807, 2.05) is 27.7 Å². The Hall–Kier alpha value is -0.0500. The predicted molar refractivity (Wildman–Crippen MR) is 50.8 cm³/mol. The molecule has 0 aromatic rings. The average Bonchev–Trinajstić information content (AvgIpc) is 1.99. The molecule has 0 aliphatic carbocycles. The second-order valence-corrected chi connectivity index (χ2v) is 6.85. The second kappa shape index (κ2) is 3.02. The molecule has 0 amide bonds. The van der Waals surface area contributed by atoms with Crippen molar-refractivity contribution in [1.29, 1.82) is 0 Å². The van der Waals surface area contributed by atoms with E-state index in [1.54, 1.807) is 0 Å². The van der Waals surface area contributed by atoms with Gasteiger partial charge in [-0.05, 0) is 32.1 Å². The Morgan fingerprint density at radius 2 is 1.25 bits per heavy atom. The number of hydrogen-bond acceptors (Lipinski definition) is 2. The lowest BCUT2D eigenvalue weighted by molar-refractivity contribution is 0.359. The van der Waals surface area contributed by atoms with Crippen molar-refractivity contribution in [2.45, 2.75) is 44.6 Å². The normalized spacial score (nSPS) is 47.3. The highest BCUT2D eigenvalue weighted by Crippen LogP contribution is 2.33. The van der Waals surface area contributed by atoms with Gasteiger partial charge in [0.15, 0.2) is 9.84 Å². The third-order valence-corrected chi connectivity index (χ3v) is 6.38. The molecule has 1 heterocycles. The van der Waals surface area contributed by atoms with Crippen molar-refractivity contribution in [2.24, 2.45) is 11.8 Å². The maximum atomic E-state index is 11.7. The van der Waals surface area contributed by atoms with Gasteiger partial charge in [0.2, 0.25) is 0 Å². The molecule has 0 aromatic carbocycles. The molecule has 0 bridgehead atoms. The second-order valence-electron chi connectivity index (χ2n) is 4.19. The van der Waals surface area contributed by atoms with Crippen LogP contribution in [-0.4, -0.2) is 18.9 Å². The molecule has 2 nitrogen and oxygen atoms in total. The molecule has 0 spiro atoms. The zero-order chi connectivity index (χ0) is 9.52. The van der Waals surface area contributed by atoms with Gasteiger partial charge in [0.1, 0.15) is 0 Å². The van der Waals surface area contributed by atoms with Gasteiger partial charge in [-0.25, -0.2) is 8.42 Å². The summed E-state index contributed by atoms with van der Waals surface area (Å²) in [5, 5.41) is -0.299. The largest absolute Gasteiger partial charge is 0.228 e. The van der Waals surface area contributed by atoms with Crippen molar-refractivity contribution in [3.8, 4) is 0 Å². The highest BCUT2D eigenvalue weighted by molar-refractivity contribution is 7.92. The quantitative estimate of drug-likeness (QED) is 0.584. The van der Waals surface area contributed by atoms with Gasteiger partial charge in [0.05, 0.1) is 10.5 Å². The lowest BCUT2D eigenvalue weighted by atomic mass is 9.92. The van der Waals surface area contributed by atoms with Crippen molar-refractivity contribution >= 4 is 9.84 Å². The molecule has 0 N–H and O–H groups in total. The standard InChI is InChI=1S/C9H18O2S/c1-6-5-7(2)9(4)12(10,11)8(6)3/h6-9H,5H2,1-4H3/t6-,7+,8-,9+. The lowest BCUT2D eigenvalue weighted by Gasteiger charge is -2.35. The molecule has 1 saturated heterocycles. The van der Waals surface area contributed by atoms with Crippen LogP contribution in [0.2, 0.25) is 0 Å². The zero-order valence-corrected chi connectivity index (χ0v) is 9.06. The van der Waals surface area contributed by atoms with Crippen molar-refractivity contribution in [2.75, 3.05) is 0 Å². The van der Waals surface area contributed by atoms with Gasteiger partial charge in [-0.3, -0.25) is 0 Å². The summed E-state index contributed by atoms with van der Waals surface area (Å²) in [6, 6.07) is 0. The van der Waals surface area contributed by atoms with Crippen LogP contribution in [-0.2, 0) is 9.84 Å². The van der Waals surface area contributed by atoms with Crippen LogP contribution < -0.4 is 0 Å². The molecule has 12 heavy (non-hydrogen) atoms. The van der Waals surface area contributed by atoms with Crippen LogP contribution >= 0.6 is 0 Å². The van der Waals surface area contributed by atoms with Crippen LogP contribution in [0.1, 0.15) is 34.1 Å². The highest BCUT2D eigenvalue weighted by Gasteiger charge is 2.40. The minimum Gasteiger partial charge on any atom is -0.228 e. The van der Waals surface area contributed by atoms with Crippen molar-refractivity contribution in [1.82, 2.24) is 0 Å². The molecule has 1 rings (SSSR count). The fourth-order valence-corrected chi connectivity index (χ4v) is 4.15. The van der Waals surface area contributed by atoms with Crippen molar-refractivity contribution in [3.05, 3.63) is 0 Å². The molecule has 3 heteroatoms. The smallest absolute Gasteiger partial charge is 0.155 e. The summed E-state index contributed by atoms with van der Waals surface area (Å²) >= 11 is 0. The maximum absolute atomic E-state index is 11.7. The van der Waals surface area contributed by atoms with E-state index in [-0.39, 0.29) is 10.5 Å². The van der Waals surface area contributed by atoms with Gasteiger partial charge < -0.3 is 0 Å². The molecule has 0 unspecified atom stereocenters. The first-order valence-electron chi connectivity index (χ1n) is 4.60. The Kier molecular flexibility index (Phi) is 2.52. The van der Waals surface area contributed by atoms with E-state index < -0.39 is 9.84 Å². The van der Waals surface area contributed by atoms with Crippen LogP contribution in [0.25, 0.3) is 0 Å². The van der Waals surface area contributed by atoms with Gasteiger partial charge in [-0.1, -0.05) is 13.8 Å². The van der Waals surface area contributed by atoms with Crippen molar-refractivity contribution in [3.63, 3.8) is 0 Å². The average molecular weight is 190 g/mol. The summed E-state index contributed by atoms with van der Waals surface area (Å²) < 4.78 is 23.5. The Morgan fingerprint density at radius 1 is 0.917 bits per heavy atom. The first-order valence-corrected chi connectivity index (χ1v) is 6.21. The van der Waals surface area contributed by atoms with Crippen LogP contribution in [0.5, 0.6) is 0 Å². The van der Waals surface area contributed by atoms with E-state index in [0.29, 0.717) is 11.8 Å². The fourth-order valence-electron chi connectivity index (χ4n) is 1.96. The van der Waals surface area contributed by atoms with E-state index >= 15 is 0 Å². The van der Waals surface area contributed by atoms with Gasteiger partial charge in [-0.15, -0.1) is 0 Å². The molecular formula is C9H18O2S. The Balaban J connectivity index is 2.98. The van der Waals surface area contributed by atoms with E-state index in [1.165, 1.54) is 0 Å². The summed E-state index contributed by atoms with van der Waals surface area (Å²) in [6.45, 7) is 7.74. The Labute approximate surface area is 75.3 Å². The van der Waals surface area contributed by atoms with Gasteiger partial charge >= 0.3 is 0 Å². The monoisotopic (exact) mass is 190 g/mol. The predicted octanol–water partition coefficient (Wildman–Crippen LogP) is 1.85. The third-order valence-electron chi connectivity index (χ3n) is 3.38. The highest BCUT2D eigenvalue weighted by atomic mass is 32.2. The van der Waals surface area contributed by atoms with Crippen LogP contribution in [0, 0.1) is 11.8 Å². The Bertz CT molecular complexity index is 236. The fraction of sp³-hybridized carbons (Fsp3) is 1.00. The lowest BCUT2D eigenvalue weighted by Crippen LogP contribution is -2.42. The molecular weight excluding hydrogens is 172 g/mol. The topological polar surface area (TPSA) is 34.1 Å². The minimum absolute atomic E-state index is 0.149. The summed E-state index contributed by atoms with van der Waals surface area (Å²) in [7, 11) is -2.84. The van der Waals surface area contributed by atoms with Gasteiger partial charge in [0, 0.05) is 0 Å². The van der Waals surface area contributed by atoms with Gasteiger partial charge in [-0.2, -0.15) is 0 Å². The number of hydrogen-bond donors (Lipinski definition) is 0. The summed E-state index contributed by atoms with van der Waals surface area (Å²) in [5.41, 5.74) is 0. The Morgan fingerprint density at radius 3 is 1.58 bits per heavy atom. The number of rotatable bonds is 0. The summed E-state index contributed by atoms with van der Waals surface area (Å²) in [6.07, 6.45) is 1.04. The van der Waals surface area contributed by atoms with Crippen LogP contribution in [0.3, 0.4) is 0 Å². The molecule has 4 atom stereocenters. The SMILES string of the molecule is C[C@@H]1C[C@H](C)[C@H](C)S(=O)(=O)[C@@H]1C. The molecule has 0 radical (unpaired) electrons. The molecule has 1 aliphatic rings. The molecule has 0 aromatic heterocycles. The summed E-state index contributed by atoms with van der Waals surface area (Å²) in [4.78, 5) is 0. The molecule has 1 aliphatic heterocycles. The molecule has 0 saturated carbocycles. The van der Waals surface area contributed by atoms with E-state index in [0.717, 1.165) is 6.42 Å². The first-order chi connectivity index (χ1) is 5.37. The zero-order valence-electron chi connectivity index (χ0n) is 8.24.